The van der Waals surface area contributed by atoms with Gasteiger partial charge < -0.3 is 23.5 Å². The van der Waals surface area contributed by atoms with Crippen LogP contribution in [-0.2, 0) is 11.3 Å². The Morgan fingerprint density at radius 1 is 1.06 bits per heavy atom. The Balaban J connectivity index is 1.54. The van der Waals surface area contributed by atoms with Gasteiger partial charge >= 0.3 is 0 Å². The van der Waals surface area contributed by atoms with Crippen LogP contribution in [-0.4, -0.2) is 48.4 Å². The van der Waals surface area contributed by atoms with Crippen molar-refractivity contribution in [3.63, 3.8) is 0 Å². The molecule has 4 rings (SSSR count). The summed E-state index contributed by atoms with van der Waals surface area (Å²) in [4.78, 5) is 15.1. The van der Waals surface area contributed by atoms with Gasteiger partial charge in [0.05, 0.1) is 27.9 Å². The fourth-order valence-corrected chi connectivity index (χ4v) is 4.36. The minimum Gasteiger partial charge on any atom is -0.493 e. The van der Waals surface area contributed by atoms with Gasteiger partial charge in [-0.2, -0.15) is 0 Å². The molecule has 1 fully saturated rings. The molecule has 8 nitrogen and oxygen atoms in total. The van der Waals surface area contributed by atoms with E-state index in [0.717, 1.165) is 36.8 Å². The zero-order valence-corrected chi connectivity index (χ0v) is 20.7. The number of methoxy groups -OCH3 is 3. The maximum atomic E-state index is 13.3. The molecule has 3 aromatic rings. The Morgan fingerprint density at radius 3 is 2.31 bits per heavy atom. The molecule has 35 heavy (non-hydrogen) atoms. The number of carbonyl (C=O) groups excluding carboxylic acids is 1. The zero-order chi connectivity index (χ0) is 24.8. The number of hydrogen-bond donors (Lipinski definition) is 0. The maximum absolute atomic E-state index is 13.3. The van der Waals surface area contributed by atoms with Crippen LogP contribution in [0, 0.1) is 0 Å². The van der Waals surface area contributed by atoms with E-state index in [0.29, 0.717) is 34.1 Å². The topological polar surface area (TPSA) is 86.9 Å². The largest absolute Gasteiger partial charge is 0.493 e. The number of ether oxygens (including phenoxy) is 3. The SMILES string of the molecule is COc1cc(C=CC(=O)N(Cc2nnc(-c3ccc(Cl)cc3)o2)C2CCCC2)cc(OC)c1OC. The van der Waals surface area contributed by atoms with Crippen molar-refractivity contribution in [3.05, 3.63) is 59.0 Å². The molecule has 2 aromatic carbocycles. The van der Waals surface area contributed by atoms with Gasteiger partial charge in [-0.25, -0.2) is 0 Å². The molecule has 1 saturated carbocycles. The smallest absolute Gasteiger partial charge is 0.247 e. The third-order valence-electron chi connectivity index (χ3n) is 6.02. The van der Waals surface area contributed by atoms with Crippen molar-refractivity contribution in [1.82, 2.24) is 15.1 Å². The van der Waals surface area contributed by atoms with Crippen molar-refractivity contribution >= 4 is 23.6 Å². The molecular formula is C26H28ClN3O5. The van der Waals surface area contributed by atoms with Crippen LogP contribution in [0.1, 0.15) is 37.1 Å². The maximum Gasteiger partial charge on any atom is 0.247 e. The van der Waals surface area contributed by atoms with Gasteiger partial charge in [0.15, 0.2) is 11.5 Å². The number of carbonyl (C=O) groups is 1. The van der Waals surface area contributed by atoms with Crippen LogP contribution < -0.4 is 14.2 Å². The lowest BCUT2D eigenvalue weighted by molar-refractivity contribution is -0.129. The molecule has 0 spiro atoms. The molecule has 0 atom stereocenters. The molecule has 9 heteroatoms. The lowest BCUT2D eigenvalue weighted by atomic mass is 10.1. The normalized spacial score (nSPS) is 13.8. The Bertz CT molecular complexity index is 1160. The highest BCUT2D eigenvalue weighted by atomic mass is 35.5. The molecule has 184 valence electrons. The second-order valence-corrected chi connectivity index (χ2v) is 8.64. The fraction of sp³-hybridized carbons (Fsp3) is 0.346. The summed E-state index contributed by atoms with van der Waals surface area (Å²) < 4.78 is 22.1. The first-order valence-corrected chi connectivity index (χ1v) is 11.8. The van der Waals surface area contributed by atoms with Gasteiger partial charge in [-0.1, -0.05) is 24.4 Å². The van der Waals surface area contributed by atoms with Crippen molar-refractivity contribution in [2.24, 2.45) is 0 Å². The van der Waals surface area contributed by atoms with Crippen LogP contribution in [0.4, 0.5) is 0 Å². The van der Waals surface area contributed by atoms with Crippen LogP contribution >= 0.6 is 11.6 Å². The van der Waals surface area contributed by atoms with E-state index in [1.165, 1.54) is 0 Å². The number of hydrogen-bond acceptors (Lipinski definition) is 7. The first-order chi connectivity index (χ1) is 17.0. The van der Waals surface area contributed by atoms with Gasteiger partial charge in [0.2, 0.25) is 23.4 Å². The van der Waals surface area contributed by atoms with Crippen LogP contribution in [0.25, 0.3) is 17.5 Å². The first-order valence-electron chi connectivity index (χ1n) is 11.4. The van der Waals surface area contributed by atoms with Gasteiger partial charge in [0, 0.05) is 22.7 Å². The summed E-state index contributed by atoms with van der Waals surface area (Å²) in [7, 11) is 4.66. The Labute approximate surface area is 209 Å². The predicted octanol–water partition coefficient (Wildman–Crippen LogP) is 5.40. The third kappa shape index (κ3) is 5.77. The van der Waals surface area contributed by atoms with E-state index >= 15 is 0 Å². The average molecular weight is 498 g/mol. The summed E-state index contributed by atoms with van der Waals surface area (Å²) in [6.45, 7) is 0.240. The molecule has 1 aliphatic carbocycles. The van der Waals surface area contributed by atoms with Crippen LogP contribution in [0.3, 0.4) is 0 Å². The van der Waals surface area contributed by atoms with Crippen molar-refractivity contribution in [2.75, 3.05) is 21.3 Å². The van der Waals surface area contributed by atoms with E-state index in [9.17, 15) is 4.79 Å². The van der Waals surface area contributed by atoms with Crippen molar-refractivity contribution in [1.29, 1.82) is 0 Å². The minimum absolute atomic E-state index is 0.123. The van der Waals surface area contributed by atoms with E-state index < -0.39 is 0 Å². The van der Waals surface area contributed by atoms with Gasteiger partial charge in [-0.05, 0) is 60.9 Å². The van der Waals surface area contributed by atoms with E-state index in [4.69, 9.17) is 30.2 Å². The van der Waals surface area contributed by atoms with Gasteiger partial charge in [-0.3, -0.25) is 4.79 Å². The lowest BCUT2D eigenvalue weighted by Crippen LogP contribution is -2.37. The highest BCUT2D eigenvalue weighted by Crippen LogP contribution is 2.38. The van der Waals surface area contributed by atoms with Gasteiger partial charge in [-0.15, -0.1) is 10.2 Å². The van der Waals surface area contributed by atoms with Crippen molar-refractivity contribution < 1.29 is 23.4 Å². The third-order valence-corrected chi connectivity index (χ3v) is 6.27. The van der Waals surface area contributed by atoms with Gasteiger partial charge in [0.25, 0.3) is 0 Å². The molecule has 0 radical (unpaired) electrons. The molecule has 0 unspecified atom stereocenters. The number of nitrogens with zero attached hydrogens (tertiary/aromatic N) is 3. The number of aromatic nitrogens is 2. The molecule has 1 aliphatic rings. The first kappa shape index (κ1) is 24.6. The van der Waals surface area contributed by atoms with Crippen molar-refractivity contribution in [3.8, 4) is 28.7 Å². The number of amides is 1. The average Bonchev–Trinajstić information content (AvgIpc) is 3.58. The second-order valence-electron chi connectivity index (χ2n) is 8.20. The van der Waals surface area contributed by atoms with Crippen molar-refractivity contribution in [2.45, 2.75) is 38.3 Å². The van der Waals surface area contributed by atoms with Gasteiger partial charge in [0.1, 0.15) is 0 Å². The summed E-state index contributed by atoms with van der Waals surface area (Å²) in [6.07, 6.45) is 7.36. The lowest BCUT2D eigenvalue weighted by Gasteiger charge is -2.26. The number of rotatable bonds is 9. The van der Waals surface area contributed by atoms with E-state index in [1.807, 2.05) is 12.1 Å². The minimum atomic E-state index is -0.128. The Morgan fingerprint density at radius 2 is 1.71 bits per heavy atom. The summed E-state index contributed by atoms with van der Waals surface area (Å²) in [6, 6.07) is 10.9. The molecule has 1 aromatic heterocycles. The molecule has 0 aliphatic heterocycles. The summed E-state index contributed by atoms with van der Waals surface area (Å²) in [5.41, 5.74) is 1.52. The monoisotopic (exact) mass is 497 g/mol. The van der Waals surface area contributed by atoms with E-state index in [2.05, 4.69) is 10.2 Å². The zero-order valence-electron chi connectivity index (χ0n) is 20.0. The predicted molar refractivity (Wildman–Crippen MR) is 133 cm³/mol. The molecule has 0 N–H and O–H groups in total. The van der Waals surface area contributed by atoms with Crippen LogP contribution in [0.2, 0.25) is 5.02 Å². The molecule has 1 heterocycles. The Kier molecular flexibility index (Phi) is 7.92. The summed E-state index contributed by atoms with van der Waals surface area (Å²) in [5.74, 6) is 2.19. The number of benzene rings is 2. The second kappa shape index (κ2) is 11.3. The van der Waals surface area contributed by atoms with Crippen LogP contribution in [0.15, 0.2) is 46.9 Å². The summed E-state index contributed by atoms with van der Waals surface area (Å²) in [5, 5.41) is 8.95. The molecule has 0 bridgehead atoms. The quantitative estimate of drug-likeness (QED) is 0.366. The van der Waals surface area contributed by atoms with Crippen LogP contribution in [0.5, 0.6) is 17.2 Å². The fourth-order valence-electron chi connectivity index (χ4n) is 4.24. The highest BCUT2D eigenvalue weighted by Gasteiger charge is 2.27. The molecule has 1 amide bonds. The molecular weight excluding hydrogens is 470 g/mol. The highest BCUT2D eigenvalue weighted by molar-refractivity contribution is 6.30. The Hall–Kier alpha value is -3.52. The molecule has 0 saturated heterocycles. The van der Waals surface area contributed by atoms with E-state index in [1.54, 1.807) is 62.6 Å². The number of halogens is 1. The van der Waals surface area contributed by atoms with E-state index in [-0.39, 0.29) is 18.5 Å². The standard InChI is InChI=1S/C26H28ClN3O5/c1-32-21-14-17(15-22(33-2)25(21)34-3)8-13-24(31)30(20-6-4-5-7-20)16-23-28-29-26(35-23)18-9-11-19(27)12-10-18/h8-15,20H,4-7,16H2,1-3H3. The summed E-state index contributed by atoms with van der Waals surface area (Å²) >= 11 is 5.97.